The number of carbonyl (C=O) groups is 1. The van der Waals surface area contributed by atoms with Crippen molar-refractivity contribution in [3.63, 3.8) is 0 Å². The summed E-state index contributed by atoms with van der Waals surface area (Å²) in [6, 6.07) is 7.30. The summed E-state index contributed by atoms with van der Waals surface area (Å²) in [5.74, 6) is 1.63. The molecule has 0 bridgehead atoms. The maximum absolute atomic E-state index is 12.4. The molecule has 4 nitrogen and oxygen atoms in total. The molecule has 0 radical (unpaired) electrons. The number of thioether (sulfide) groups is 1. The summed E-state index contributed by atoms with van der Waals surface area (Å²) in [5.41, 5.74) is 6.08. The van der Waals surface area contributed by atoms with Gasteiger partial charge >= 0.3 is 0 Å². The molecule has 0 spiro atoms. The first kappa shape index (κ1) is 15.1. The molecule has 0 saturated carbocycles. The second-order valence-corrected chi connectivity index (χ2v) is 7.01. The van der Waals surface area contributed by atoms with E-state index in [1.807, 2.05) is 25.1 Å². The second-order valence-electron chi connectivity index (χ2n) is 4.89. The Hall–Kier alpha value is -1.27. The number of carbonyl (C=O) groups excluding carboxylic acids is 1. The summed E-state index contributed by atoms with van der Waals surface area (Å²) in [6.07, 6.45) is 1.98. The number of hydrogen-bond acceptors (Lipinski definition) is 4. The van der Waals surface area contributed by atoms with Crippen LogP contribution in [0.15, 0.2) is 24.3 Å². The van der Waals surface area contributed by atoms with Crippen LogP contribution in [0.4, 0.5) is 5.69 Å². The molecule has 1 amide bonds. The van der Waals surface area contributed by atoms with E-state index < -0.39 is 0 Å². The number of thiocarbonyl (C=S) groups is 1. The van der Waals surface area contributed by atoms with E-state index in [1.165, 1.54) is 0 Å². The first-order valence-electron chi connectivity index (χ1n) is 6.47. The molecule has 1 aliphatic heterocycles. The number of benzene rings is 1. The van der Waals surface area contributed by atoms with Crippen LogP contribution >= 0.6 is 24.0 Å². The highest BCUT2D eigenvalue weighted by Gasteiger charge is 2.37. The second kappa shape index (κ2) is 6.45. The molecular weight excluding hydrogens is 292 g/mol. The zero-order chi connectivity index (χ0) is 14.6. The third-order valence-corrected chi connectivity index (χ3v) is 4.84. The lowest BCUT2D eigenvalue weighted by Crippen LogP contribution is -2.34. The normalized spacial score (nSPS) is 21.4. The van der Waals surface area contributed by atoms with Gasteiger partial charge in [-0.05, 0) is 37.7 Å². The maximum Gasteiger partial charge on any atom is 0.240 e. The van der Waals surface area contributed by atoms with E-state index >= 15 is 0 Å². The average molecular weight is 310 g/mol. The minimum atomic E-state index is -0.351. The number of para-hydroxylation sites is 2. The van der Waals surface area contributed by atoms with Crippen LogP contribution in [-0.2, 0) is 4.79 Å². The molecule has 1 unspecified atom stereocenters. The van der Waals surface area contributed by atoms with E-state index in [0.717, 1.165) is 18.6 Å². The summed E-state index contributed by atoms with van der Waals surface area (Å²) in [5, 5.41) is 2.95. The lowest BCUT2D eigenvalue weighted by atomic mass is 10.0. The molecule has 108 valence electrons. The fourth-order valence-electron chi connectivity index (χ4n) is 2.06. The number of hydrogen-bond donors (Lipinski definition) is 2. The zero-order valence-corrected chi connectivity index (χ0v) is 13.0. The number of nitrogens with one attached hydrogen (secondary N) is 1. The van der Waals surface area contributed by atoms with Gasteiger partial charge in [0.15, 0.2) is 0 Å². The molecule has 1 aromatic carbocycles. The molecule has 2 rings (SSSR count). The molecule has 20 heavy (non-hydrogen) atoms. The van der Waals surface area contributed by atoms with Gasteiger partial charge in [-0.1, -0.05) is 24.4 Å². The number of amides is 1. The first-order valence-corrected chi connectivity index (χ1v) is 7.86. The molecule has 1 atom stereocenters. The van der Waals surface area contributed by atoms with Crippen LogP contribution in [0.5, 0.6) is 5.75 Å². The van der Waals surface area contributed by atoms with E-state index in [4.69, 9.17) is 22.7 Å². The third-order valence-electron chi connectivity index (χ3n) is 3.20. The third kappa shape index (κ3) is 3.64. The number of ether oxygens (including phenoxy) is 1. The molecule has 1 fully saturated rings. The highest BCUT2D eigenvalue weighted by molar-refractivity contribution is 8.01. The van der Waals surface area contributed by atoms with E-state index in [1.54, 1.807) is 17.8 Å². The topological polar surface area (TPSA) is 64.3 Å². The van der Waals surface area contributed by atoms with Crippen LogP contribution in [0.3, 0.4) is 0 Å². The predicted molar refractivity (Wildman–Crippen MR) is 87.4 cm³/mol. The highest BCUT2D eigenvalue weighted by atomic mass is 32.2. The highest BCUT2D eigenvalue weighted by Crippen LogP contribution is 2.39. The number of anilines is 1. The Morgan fingerprint density at radius 1 is 1.55 bits per heavy atom. The maximum atomic E-state index is 12.4. The lowest BCUT2D eigenvalue weighted by Gasteiger charge is -2.22. The van der Waals surface area contributed by atoms with E-state index in [0.29, 0.717) is 11.4 Å². The molecule has 6 heteroatoms. The summed E-state index contributed by atoms with van der Waals surface area (Å²) < 4.78 is 5.16. The van der Waals surface area contributed by atoms with Crippen molar-refractivity contribution in [2.24, 2.45) is 5.73 Å². The summed E-state index contributed by atoms with van der Waals surface area (Å²) >= 11 is 6.50. The molecule has 3 N–H and O–H groups in total. The Bertz CT molecular complexity index is 514. The van der Waals surface area contributed by atoms with Crippen LogP contribution in [0.25, 0.3) is 0 Å². The summed E-state index contributed by atoms with van der Waals surface area (Å²) in [6.45, 7) is 2.15. The van der Waals surface area contributed by atoms with Gasteiger partial charge in [-0.2, -0.15) is 0 Å². The van der Waals surface area contributed by atoms with Gasteiger partial charge in [0, 0.05) is 0 Å². The van der Waals surface area contributed by atoms with Crippen molar-refractivity contribution in [2.45, 2.75) is 24.5 Å². The SMILES string of the molecule is CC1(C(=O)Nc2ccccc2OCC(N)=S)CCCS1. The Balaban J connectivity index is 2.08. The molecule has 0 aliphatic carbocycles. The van der Waals surface area contributed by atoms with Crippen molar-refractivity contribution in [3.8, 4) is 5.75 Å². The molecular formula is C14H18N2O2S2. The zero-order valence-electron chi connectivity index (χ0n) is 11.3. The molecule has 1 heterocycles. The van der Waals surface area contributed by atoms with Gasteiger partial charge in [0.1, 0.15) is 17.3 Å². The van der Waals surface area contributed by atoms with Gasteiger partial charge in [0.2, 0.25) is 5.91 Å². The first-order chi connectivity index (χ1) is 9.51. The monoisotopic (exact) mass is 310 g/mol. The minimum absolute atomic E-state index is 0.0198. The lowest BCUT2D eigenvalue weighted by molar-refractivity contribution is -0.118. The Morgan fingerprint density at radius 2 is 2.30 bits per heavy atom. The van der Waals surface area contributed by atoms with E-state index in [2.05, 4.69) is 5.32 Å². The van der Waals surface area contributed by atoms with Crippen LogP contribution < -0.4 is 15.8 Å². The van der Waals surface area contributed by atoms with E-state index in [-0.39, 0.29) is 22.2 Å². The van der Waals surface area contributed by atoms with Crippen LogP contribution in [0, 0.1) is 0 Å². The van der Waals surface area contributed by atoms with Gasteiger partial charge < -0.3 is 15.8 Å². The van der Waals surface area contributed by atoms with Crippen LogP contribution in [0.1, 0.15) is 19.8 Å². The van der Waals surface area contributed by atoms with Crippen molar-refractivity contribution in [3.05, 3.63) is 24.3 Å². The van der Waals surface area contributed by atoms with Gasteiger partial charge in [-0.3, -0.25) is 4.79 Å². The molecule has 1 aromatic rings. The van der Waals surface area contributed by atoms with Gasteiger partial charge in [-0.15, -0.1) is 11.8 Å². The molecule has 1 aliphatic rings. The fraction of sp³-hybridized carbons (Fsp3) is 0.429. The summed E-state index contributed by atoms with van der Waals surface area (Å²) in [4.78, 5) is 12.7. The Labute approximate surface area is 128 Å². The average Bonchev–Trinajstić information content (AvgIpc) is 2.86. The van der Waals surface area contributed by atoms with Crippen LogP contribution in [-0.4, -0.2) is 28.0 Å². The van der Waals surface area contributed by atoms with Crippen LogP contribution in [0.2, 0.25) is 0 Å². The predicted octanol–water partition coefficient (Wildman–Crippen LogP) is 2.58. The van der Waals surface area contributed by atoms with Crippen molar-refractivity contribution in [1.29, 1.82) is 0 Å². The standard InChI is InChI=1S/C14H18N2O2S2/c1-14(7-4-8-20-14)13(17)16-10-5-2-3-6-11(10)18-9-12(15)19/h2-3,5-6H,4,7-9H2,1H3,(H2,15,19)(H,16,17). The fourth-order valence-corrected chi connectivity index (χ4v) is 3.33. The Morgan fingerprint density at radius 3 is 2.95 bits per heavy atom. The van der Waals surface area contributed by atoms with Crippen molar-refractivity contribution in [2.75, 3.05) is 17.7 Å². The van der Waals surface area contributed by atoms with Gasteiger partial charge in [-0.25, -0.2) is 0 Å². The van der Waals surface area contributed by atoms with Crippen molar-refractivity contribution < 1.29 is 9.53 Å². The van der Waals surface area contributed by atoms with E-state index in [9.17, 15) is 4.79 Å². The summed E-state index contributed by atoms with van der Waals surface area (Å²) in [7, 11) is 0. The van der Waals surface area contributed by atoms with Gasteiger partial charge in [0.25, 0.3) is 0 Å². The van der Waals surface area contributed by atoms with Gasteiger partial charge in [0.05, 0.1) is 10.4 Å². The van der Waals surface area contributed by atoms with Crippen molar-refractivity contribution in [1.82, 2.24) is 0 Å². The van der Waals surface area contributed by atoms with Crippen molar-refractivity contribution >= 4 is 40.6 Å². The Kier molecular flexibility index (Phi) is 4.88. The largest absolute Gasteiger partial charge is 0.484 e. The molecule has 0 aromatic heterocycles. The molecule has 1 saturated heterocycles. The quantitative estimate of drug-likeness (QED) is 0.818. The number of nitrogens with two attached hydrogens (primary N) is 1. The number of rotatable bonds is 5. The minimum Gasteiger partial charge on any atom is -0.484 e. The smallest absolute Gasteiger partial charge is 0.240 e.